The van der Waals surface area contributed by atoms with E-state index in [1.165, 1.54) is 12.1 Å². The Labute approximate surface area is 203 Å². The van der Waals surface area contributed by atoms with Gasteiger partial charge in [0.15, 0.2) is 0 Å². The highest BCUT2D eigenvalue weighted by Crippen LogP contribution is 2.34. The van der Waals surface area contributed by atoms with Gasteiger partial charge in [-0.1, -0.05) is 46.3 Å². The molecule has 0 atom stereocenters. The molecule has 4 aromatic carbocycles. The second kappa shape index (κ2) is 10.7. The van der Waals surface area contributed by atoms with Gasteiger partial charge in [-0.3, -0.25) is 0 Å². The second-order valence-electron chi connectivity index (χ2n) is 7.08. The molecule has 1 N–H and O–H groups in total. The predicted octanol–water partition coefficient (Wildman–Crippen LogP) is 8.33. The van der Waals surface area contributed by atoms with E-state index < -0.39 is 0 Å². The molecule has 3 nitrogen and oxygen atoms in total. The van der Waals surface area contributed by atoms with Crippen LogP contribution in [0.1, 0.15) is 11.1 Å². The quantitative estimate of drug-likeness (QED) is 0.236. The molecule has 0 aliphatic rings. The van der Waals surface area contributed by atoms with Crippen molar-refractivity contribution in [1.29, 1.82) is 0 Å². The molecule has 0 heterocycles. The van der Waals surface area contributed by atoms with Crippen LogP contribution in [-0.2, 0) is 13.2 Å². The minimum atomic E-state index is -0.261. The highest BCUT2D eigenvalue weighted by molar-refractivity contribution is 9.11. The summed E-state index contributed by atoms with van der Waals surface area (Å²) in [4.78, 5) is 0. The van der Waals surface area contributed by atoms with E-state index in [4.69, 9.17) is 9.47 Å². The highest BCUT2D eigenvalue weighted by Gasteiger charge is 2.11. The summed E-state index contributed by atoms with van der Waals surface area (Å²) in [5.41, 5.74) is 2.85. The van der Waals surface area contributed by atoms with Crippen molar-refractivity contribution < 1.29 is 13.9 Å². The lowest BCUT2D eigenvalue weighted by molar-refractivity contribution is 0.301. The summed E-state index contributed by atoms with van der Waals surface area (Å²) in [6, 6.07) is 27.8. The first-order valence-corrected chi connectivity index (χ1v) is 11.6. The van der Waals surface area contributed by atoms with Crippen molar-refractivity contribution in [3.63, 3.8) is 0 Å². The van der Waals surface area contributed by atoms with Crippen LogP contribution in [0.3, 0.4) is 0 Å². The first-order chi connectivity index (χ1) is 15.6. The number of benzene rings is 4. The molecule has 6 heteroatoms. The molecular weight excluding hydrogens is 537 g/mol. The summed E-state index contributed by atoms with van der Waals surface area (Å²) >= 11 is 7.14. The molecule has 0 aliphatic heterocycles. The zero-order chi connectivity index (χ0) is 22.3. The molecule has 0 spiro atoms. The Hall–Kier alpha value is -2.83. The lowest BCUT2D eigenvalue weighted by atomic mass is 10.2. The molecule has 162 valence electrons. The van der Waals surface area contributed by atoms with Crippen LogP contribution in [0.2, 0.25) is 0 Å². The van der Waals surface area contributed by atoms with E-state index in [1.54, 1.807) is 12.1 Å². The molecule has 4 rings (SSSR count). The van der Waals surface area contributed by atoms with Gasteiger partial charge in [0, 0.05) is 22.3 Å². The first kappa shape index (κ1) is 22.4. The van der Waals surface area contributed by atoms with Crippen LogP contribution in [0.25, 0.3) is 0 Å². The third-order valence-corrected chi connectivity index (χ3v) is 5.74. The van der Waals surface area contributed by atoms with Crippen molar-refractivity contribution in [1.82, 2.24) is 0 Å². The fourth-order valence-corrected chi connectivity index (χ4v) is 4.53. The number of para-hydroxylation sites is 1. The minimum Gasteiger partial charge on any atom is -0.487 e. The van der Waals surface area contributed by atoms with E-state index in [0.29, 0.717) is 13.2 Å². The molecule has 32 heavy (non-hydrogen) atoms. The van der Waals surface area contributed by atoms with Gasteiger partial charge >= 0.3 is 0 Å². The molecule has 0 fully saturated rings. The van der Waals surface area contributed by atoms with E-state index >= 15 is 0 Å². The van der Waals surface area contributed by atoms with E-state index in [1.807, 2.05) is 66.7 Å². The maximum atomic E-state index is 13.1. The Morgan fingerprint density at radius 2 is 1.47 bits per heavy atom. The molecular formula is C26H20Br2FNO2. The minimum absolute atomic E-state index is 0.261. The standard InChI is InChI=1S/C26H20Br2FNO2/c27-20-14-19(26(25(28)15-20)31-17-18-6-8-21(29)9-7-18)16-30-22-10-12-24(13-11-22)32-23-4-2-1-3-5-23/h1-15,30H,16-17H2. The van der Waals surface area contributed by atoms with Gasteiger partial charge < -0.3 is 14.8 Å². The van der Waals surface area contributed by atoms with Gasteiger partial charge in [0.25, 0.3) is 0 Å². The van der Waals surface area contributed by atoms with Crippen LogP contribution in [-0.4, -0.2) is 0 Å². The third-order valence-electron chi connectivity index (χ3n) is 4.70. The van der Waals surface area contributed by atoms with Crippen molar-refractivity contribution >= 4 is 37.5 Å². The SMILES string of the molecule is Fc1ccc(COc2c(Br)cc(Br)cc2CNc2ccc(Oc3ccccc3)cc2)cc1. The summed E-state index contributed by atoms with van der Waals surface area (Å²) < 4.78 is 26.9. The lowest BCUT2D eigenvalue weighted by Crippen LogP contribution is -2.05. The molecule has 0 aliphatic carbocycles. The van der Waals surface area contributed by atoms with Gasteiger partial charge in [-0.15, -0.1) is 0 Å². The Bertz CT molecular complexity index is 1170. The number of halogens is 3. The zero-order valence-electron chi connectivity index (χ0n) is 17.0. The number of anilines is 1. The van der Waals surface area contributed by atoms with Crippen LogP contribution in [0.4, 0.5) is 10.1 Å². The van der Waals surface area contributed by atoms with E-state index in [9.17, 15) is 4.39 Å². The van der Waals surface area contributed by atoms with Gasteiger partial charge in [-0.2, -0.15) is 0 Å². The van der Waals surface area contributed by atoms with Crippen molar-refractivity contribution in [3.8, 4) is 17.2 Å². The largest absolute Gasteiger partial charge is 0.487 e. The fraction of sp³-hybridized carbons (Fsp3) is 0.0769. The van der Waals surface area contributed by atoms with Crippen LogP contribution >= 0.6 is 31.9 Å². The van der Waals surface area contributed by atoms with Gasteiger partial charge in [-0.25, -0.2) is 4.39 Å². The molecule has 0 aromatic heterocycles. The molecule has 0 saturated carbocycles. The average molecular weight is 557 g/mol. The Morgan fingerprint density at radius 3 is 2.19 bits per heavy atom. The maximum Gasteiger partial charge on any atom is 0.139 e. The van der Waals surface area contributed by atoms with Crippen LogP contribution in [0.5, 0.6) is 17.2 Å². The second-order valence-corrected chi connectivity index (χ2v) is 8.85. The predicted molar refractivity (Wildman–Crippen MR) is 133 cm³/mol. The Balaban J connectivity index is 1.42. The summed E-state index contributed by atoms with van der Waals surface area (Å²) in [7, 11) is 0. The van der Waals surface area contributed by atoms with Gasteiger partial charge in [-0.05, 0) is 82.2 Å². The van der Waals surface area contributed by atoms with Crippen molar-refractivity contribution in [3.05, 3.63) is 117 Å². The molecule has 0 amide bonds. The number of hydrogen-bond acceptors (Lipinski definition) is 3. The summed E-state index contributed by atoms with van der Waals surface area (Å²) in [5, 5.41) is 3.43. The molecule has 0 unspecified atom stereocenters. The number of rotatable bonds is 8. The van der Waals surface area contributed by atoms with Gasteiger partial charge in [0.1, 0.15) is 29.7 Å². The Morgan fingerprint density at radius 1 is 0.781 bits per heavy atom. The molecule has 0 bridgehead atoms. The summed E-state index contributed by atoms with van der Waals surface area (Å²) in [6.45, 7) is 0.911. The maximum absolute atomic E-state index is 13.1. The zero-order valence-corrected chi connectivity index (χ0v) is 20.2. The van der Waals surface area contributed by atoms with Gasteiger partial charge in [0.2, 0.25) is 0 Å². The number of ether oxygens (including phenoxy) is 2. The fourth-order valence-electron chi connectivity index (χ4n) is 3.11. The van der Waals surface area contributed by atoms with Crippen molar-refractivity contribution in [2.45, 2.75) is 13.2 Å². The van der Waals surface area contributed by atoms with Crippen LogP contribution < -0.4 is 14.8 Å². The van der Waals surface area contributed by atoms with Crippen LogP contribution in [0, 0.1) is 5.82 Å². The van der Waals surface area contributed by atoms with E-state index in [2.05, 4.69) is 37.2 Å². The van der Waals surface area contributed by atoms with Crippen molar-refractivity contribution in [2.75, 3.05) is 5.32 Å². The average Bonchev–Trinajstić information content (AvgIpc) is 2.80. The molecule has 4 aromatic rings. The normalized spacial score (nSPS) is 10.6. The third kappa shape index (κ3) is 6.11. The smallest absolute Gasteiger partial charge is 0.139 e. The van der Waals surface area contributed by atoms with E-state index in [-0.39, 0.29) is 5.82 Å². The first-order valence-electron chi connectivity index (χ1n) is 9.99. The van der Waals surface area contributed by atoms with Crippen molar-refractivity contribution in [2.24, 2.45) is 0 Å². The lowest BCUT2D eigenvalue weighted by Gasteiger charge is -2.16. The number of hydrogen-bond donors (Lipinski definition) is 1. The monoisotopic (exact) mass is 555 g/mol. The highest BCUT2D eigenvalue weighted by atomic mass is 79.9. The summed E-state index contributed by atoms with van der Waals surface area (Å²) in [6.07, 6.45) is 0. The topological polar surface area (TPSA) is 30.5 Å². The van der Waals surface area contributed by atoms with Gasteiger partial charge in [0.05, 0.1) is 4.47 Å². The molecule has 0 saturated heterocycles. The van der Waals surface area contributed by atoms with E-state index in [0.717, 1.165) is 43.0 Å². The van der Waals surface area contributed by atoms with Crippen LogP contribution in [0.15, 0.2) is 99.9 Å². The Kier molecular flexibility index (Phi) is 7.45. The number of nitrogens with one attached hydrogen (secondary N) is 1. The summed E-state index contributed by atoms with van der Waals surface area (Å²) in [5.74, 6) is 2.06. The molecule has 0 radical (unpaired) electrons.